The molecule has 2 nitrogen and oxygen atoms in total. The van der Waals surface area contributed by atoms with Gasteiger partial charge in [-0.1, -0.05) is 34.1 Å². The van der Waals surface area contributed by atoms with E-state index >= 15 is 0 Å². The molecule has 0 heterocycles. The molecule has 0 saturated heterocycles. The van der Waals surface area contributed by atoms with Crippen LogP contribution in [0.3, 0.4) is 0 Å². The average Bonchev–Trinajstić information content (AvgIpc) is 2.18. The van der Waals surface area contributed by atoms with Crippen molar-refractivity contribution < 1.29 is 18.3 Å². The molecule has 0 spiro atoms. The SMILES string of the molecule is CCOC(=O)C(F)(F)c1ccccc1Br. The van der Waals surface area contributed by atoms with Crippen LogP contribution in [0.2, 0.25) is 0 Å². The Bertz CT molecular complexity index is 366. The Morgan fingerprint density at radius 2 is 2.07 bits per heavy atom. The molecule has 0 N–H and O–H groups in total. The van der Waals surface area contributed by atoms with E-state index in [1.165, 1.54) is 25.1 Å². The number of ether oxygens (including phenoxy) is 1. The normalized spacial score (nSPS) is 11.2. The lowest BCUT2D eigenvalue weighted by atomic mass is 10.1. The Labute approximate surface area is 94.4 Å². The summed E-state index contributed by atoms with van der Waals surface area (Å²) in [5.41, 5.74) is -0.386. The van der Waals surface area contributed by atoms with Gasteiger partial charge in [0.1, 0.15) is 0 Å². The van der Waals surface area contributed by atoms with Crippen LogP contribution in [0.5, 0.6) is 0 Å². The van der Waals surface area contributed by atoms with Gasteiger partial charge in [-0.3, -0.25) is 0 Å². The summed E-state index contributed by atoms with van der Waals surface area (Å²) in [6.45, 7) is 1.41. The van der Waals surface area contributed by atoms with E-state index < -0.39 is 11.9 Å². The summed E-state index contributed by atoms with van der Waals surface area (Å²) >= 11 is 2.96. The molecule has 1 aromatic rings. The van der Waals surface area contributed by atoms with E-state index in [2.05, 4.69) is 20.7 Å². The van der Waals surface area contributed by atoms with Crippen LogP contribution in [0.25, 0.3) is 0 Å². The zero-order valence-electron chi connectivity index (χ0n) is 7.97. The van der Waals surface area contributed by atoms with Gasteiger partial charge in [0.2, 0.25) is 0 Å². The molecular formula is C10H9BrF2O2. The van der Waals surface area contributed by atoms with E-state index in [9.17, 15) is 13.6 Å². The van der Waals surface area contributed by atoms with Gasteiger partial charge in [-0.15, -0.1) is 0 Å². The molecule has 0 aromatic heterocycles. The van der Waals surface area contributed by atoms with E-state index in [0.29, 0.717) is 0 Å². The summed E-state index contributed by atoms with van der Waals surface area (Å²) in [5.74, 6) is -5.15. The van der Waals surface area contributed by atoms with Crippen molar-refractivity contribution in [2.75, 3.05) is 6.61 Å². The summed E-state index contributed by atoms with van der Waals surface area (Å²) in [6.07, 6.45) is 0. The molecule has 0 aliphatic carbocycles. The largest absolute Gasteiger partial charge is 0.461 e. The first-order valence-electron chi connectivity index (χ1n) is 4.30. The van der Waals surface area contributed by atoms with Crippen LogP contribution >= 0.6 is 15.9 Å². The molecule has 0 unspecified atom stereocenters. The number of halogens is 3. The number of alkyl halides is 2. The average molecular weight is 279 g/mol. The molecule has 0 amide bonds. The van der Waals surface area contributed by atoms with E-state index in [0.717, 1.165) is 0 Å². The number of carbonyl (C=O) groups excluding carboxylic acids is 1. The van der Waals surface area contributed by atoms with Crippen LogP contribution < -0.4 is 0 Å². The van der Waals surface area contributed by atoms with Crippen molar-refractivity contribution in [1.29, 1.82) is 0 Å². The fraction of sp³-hybridized carbons (Fsp3) is 0.300. The van der Waals surface area contributed by atoms with E-state index in [4.69, 9.17) is 0 Å². The molecule has 0 radical (unpaired) electrons. The monoisotopic (exact) mass is 278 g/mol. The van der Waals surface area contributed by atoms with Crippen LogP contribution in [0.1, 0.15) is 12.5 Å². The van der Waals surface area contributed by atoms with Gasteiger partial charge in [-0.25, -0.2) is 4.79 Å². The summed E-state index contributed by atoms with van der Waals surface area (Å²) in [7, 11) is 0. The van der Waals surface area contributed by atoms with Crippen LogP contribution in [-0.2, 0) is 15.5 Å². The van der Waals surface area contributed by atoms with Gasteiger partial charge in [0, 0.05) is 10.0 Å². The Balaban J connectivity index is 3.05. The Hall–Kier alpha value is -0.970. The van der Waals surface area contributed by atoms with Crippen molar-refractivity contribution in [3.05, 3.63) is 34.3 Å². The number of carbonyl (C=O) groups is 1. The smallest absolute Gasteiger partial charge is 0.382 e. The Morgan fingerprint density at radius 1 is 1.47 bits per heavy atom. The van der Waals surface area contributed by atoms with Gasteiger partial charge < -0.3 is 4.74 Å². The molecule has 5 heteroatoms. The predicted octanol–water partition coefficient (Wildman–Crippen LogP) is 3.10. The fourth-order valence-corrected chi connectivity index (χ4v) is 1.58. The number of hydrogen-bond acceptors (Lipinski definition) is 2. The minimum Gasteiger partial charge on any atom is -0.461 e. The first-order chi connectivity index (χ1) is 7.00. The molecule has 0 saturated carbocycles. The quantitative estimate of drug-likeness (QED) is 0.795. The van der Waals surface area contributed by atoms with Gasteiger partial charge in [0.15, 0.2) is 0 Å². The number of esters is 1. The third-order valence-electron chi connectivity index (χ3n) is 1.74. The molecule has 15 heavy (non-hydrogen) atoms. The lowest BCUT2D eigenvalue weighted by Gasteiger charge is -2.15. The minimum atomic E-state index is -3.61. The second kappa shape index (κ2) is 4.70. The van der Waals surface area contributed by atoms with Crippen molar-refractivity contribution in [3.63, 3.8) is 0 Å². The Morgan fingerprint density at radius 3 is 2.60 bits per heavy atom. The zero-order valence-corrected chi connectivity index (χ0v) is 9.55. The molecule has 1 rings (SSSR count). The molecule has 82 valence electrons. The highest BCUT2D eigenvalue weighted by atomic mass is 79.9. The second-order valence-corrected chi connectivity index (χ2v) is 3.63. The number of rotatable bonds is 3. The third kappa shape index (κ3) is 2.53. The van der Waals surface area contributed by atoms with Crippen molar-refractivity contribution in [2.24, 2.45) is 0 Å². The Kier molecular flexibility index (Phi) is 3.79. The molecule has 0 aliphatic rings. The van der Waals surface area contributed by atoms with Crippen molar-refractivity contribution in [2.45, 2.75) is 12.8 Å². The lowest BCUT2D eigenvalue weighted by molar-refractivity contribution is -0.173. The highest BCUT2D eigenvalue weighted by Gasteiger charge is 2.43. The summed E-state index contributed by atoms with van der Waals surface area (Å²) < 4.78 is 31.5. The summed E-state index contributed by atoms with van der Waals surface area (Å²) in [4.78, 5) is 11.0. The van der Waals surface area contributed by atoms with Crippen molar-refractivity contribution in [1.82, 2.24) is 0 Å². The fourth-order valence-electron chi connectivity index (χ4n) is 1.05. The molecule has 0 bridgehead atoms. The minimum absolute atomic E-state index is 0.0706. The molecule has 0 aliphatic heterocycles. The van der Waals surface area contributed by atoms with Crippen LogP contribution in [0, 0.1) is 0 Å². The first-order valence-corrected chi connectivity index (χ1v) is 5.09. The standard InChI is InChI=1S/C10H9BrF2O2/c1-2-15-9(14)10(12,13)7-5-3-4-6-8(7)11/h3-6H,2H2,1H3. The van der Waals surface area contributed by atoms with E-state index in [-0.39, 0.29) is 16.6 Å². The highest BCUT2D eigenvalue weighted by molar-refractivity contribution is 9.10. The predicted molar refractivity (Wildman–Crippen MR) is 54.7 cm³/mol. The van der Waals surface area contributed by atoms with E-state index in [1.807, 2.05) is 0 Å². The zero-order chi connectivity index (χ0) is 11.5. The second-order valence-electron chi connectivity index (χ2n) is 2.77. The topological polar surface area (TPSA) is 26.3 Å². The maximum absolute atomic E-state index is 13.5. The van der Waals surface area contributed by atoms with Gasteiger partial charge in [0.05, 0.1) is 6.61 Å². The van der Waals surface area contributed by atoms with Crippen molar-refractivity contribution in [3.8, 4) is 0 Å². The first kappa shape index (κ1) is 12.1. The number of hydrogen-bond donors (Lipinski definition) is 0. The van der Waals surface area contributed by atoms with Gasteiger partial charge in [-0.05, 0) is 13.0 Å². The van der Waals surface area contributed by atoms with Gasteiger partial charge in [0.25, 0.3) is 0 Å². The maximum atomic E-state index is 13.5. The van der Waals surface area contributed by atoms with Crippen LogP contribution in [0.15, 0.2) is 28.7 Å². The molecule has 0 atom stereocenters. The van der Waals surface area contributed by atoms with E-state index in [1.54, 1.807) is 6.07 Å². The van der Waals surface area contributed by atoms with Gasteiger partial charge >= 0.3 is 11.9 Å². The highest BCUT2D eigenvalue weighted by Crippen LogP contribution is 2.34. The molecule has 1 aromatic carbocycles. The maximum Gasteiger partial charge on any atom is 0.382 e. The van der Waals surface area contributed by atoms with Crippen LogP contribution in [-0.4, -0.2) is 12.6 Å². The van der Waals surface area contributed by atoms with Crippen molar-refractivity contribution >= 4 is 21.9 Å². The van der Waals surface area contributed by atoms with Crippen LogP contribution in [0.4, 0.5) is 8.78 Å². The molecular weight excluding hydrogens is 270 g/mol. The third-order valence-corrected chi connectivity index (χ3v) is 2.44. The lowest BCUT2D eigenvalue weighted by Crippen LogP contribution is -2.28. The summed E-state index contributed by atoms with van der Waals surface area (Å²) in [6, 6.07) is 5.66. The van der Waals surface area contributed by atoms with Gasteiger partial charge in [-0.2, -0.15) is 8.78 Å². The molecule has 0 fully saturated rings. The number of benzene rings is 1. The summed E-state index contributed by atoms with van der Waals surface area (Å²) in [5, 5.41) is 0.